The lowest BCUT2D eigenvalue weighted by Crippen LogP contribution is -2.37. The zero-order valence-electron chi connectivity index (χ0n) is 10.3. The van der Waals surface area contributed by atoms with E-state index in [4.69, 9.17) is 5.11 Å². The average molecular weight is 305 g/mol. The summed E-state index contributed by atoms with van der Waals surface area (Å²) in [5, 5.41) is 8.97. The molecule has 0 unspecified atom stereocenters. The first-order valence-electron chi connectivity index (χ1n) is 6.02. The maximum atomic E-state index is 13.2. The molecule has 7 heteroatoms. The molecular formula is C12H16FNO3S2. The Bertz CT molecular complexity index is 542. The predicted octanol–water partition coefficient (Wildman–Crippen LogP) is 1.49. The third-order valence-corrected chi connectivity index (χ3v) is 5.61. The molecule has 1 aromatic carbocycles. The first kappa shape index (κ1) is 14.8. The number of nitrogens with one attached hydrogen (secondary N) is 1. The van der Waals surface area contributed by atoms with E-state index in [-0.39, 0.29) is 16.5 Å². The SMILES string of the molecule is O=S(=O)(NC1CCSCC1)c1ccc(F)c(CO)c1. The van der Waals surface area contributed by atoms with Crippen molar-refractivity contribution in [1.82, 2.24) is 4.72 Å². The van der Waals surface area contributed by atoms with Gasteiger partial charge in [0, 0.05) is 11.6 Å². The molecule has 19 heavy (non-hydrogen) atoms. The number of hydrogen-bond acceptors (Lipinski definition) is 4. The van der Waals surface area contributed by atoms with Gasteiger partial charge in [0.05, 0.1) is 11.5 Å². The molecule has 0 radical (unpaired) electrons. The van der Waals surface area contributed by atoms with Crippen molar-refractivity contribution in [3.8, 4) is 0 Å². The molecule has 106 valence electrons. The lowest BCUT2D eigenvalue weighted by atomic mass is 10.2. The highest BCUT2D eigenvalue weighted by Gasteiger charge is 2.22. The van der Waals surface area contributed by atoms with Crippen molar-refractivity contribution in [2.45, 2.75) is 30.4 Å². The lowest BCUT2D eigenvalue weighted by molar-refractivity contribution is 0.275. The Morgan fingerprint density at radius 3 is 2.68 bits per heavy atom. The maximum Gasteiger partial charge on any atom is 0.240 e. The molecule has 1 saturated heterocycles. The molecule has 2 rings (SSSR count). The Kier molecular flexibility index (Phi) is 4.83. The van der Waals surface area contributed by atoms with Crippen molar-refractivity contribution >= 4 is 21.8 Å². The summed E-state index contributed by atoms with van der Waals surface area (Å²) in [6.07, 6.45) is 1.61. The molecule has 1 heterocycles. The summed E-state index contributed by atoms with van der Waals surface area (Å²) < 4.78 is 40.2. The van der Waals surface area contributed by atoms with Gasteiger partial charge in [-0.15, -0.1) is 0 Å². The summed E-state index contributed by atoms with van der Waals surface area (Å²) in [7, 11) is -3.65. The van der Waals surface area contributed by atoms with E-state index in [1.165, 1.54) is 12.1 Å². The minimum Gasteiger partial charge on any atom is -0.392 e. The number of sulfonamides is 1. The van der Waals surface area contributed by atoms with Crippen LogP contribution in [0, 0.1) is 5.82 Å². The fourth-order valence-corrected chi connectivity index (χ4v) is 4.40. The number of benzene rings is 1. The molecule has 0 aliphatic carbocycles. The second-order valence-corrected chi connectivity index (χ2v) is 7.36. The van der Waals surface area contributed by atoms with Crippen LogP contribution < -0.4 is 4.72 Å². The van der Waals surface area contributed by atoms with Gasteiger partial charge in [-0.25, -0.2) is 17.5 Å². The summed E-state index contributed by atoms with van der Waals surface area (Å²) in [4.78, 5) is -0.00354. The molecule has 1 aromatic rings. The number of hydrogen-bond donors (Lipinski definition) is 2. The molecule has 0 bridgehead atoms. The van der Waals surface area contributed by atoms with Crippen LogP contribution in [0.25, 0.3) is 0 Å². The predicted molar refractivity (Wildman–Crippen MR) is 73.0 cm³/mol. The van der Waals surface area contributed by atoms with Crippen LogP contribution in [0.1, 0.15) is 18.4 Å². The van der Waals surface area contributed by atoms with Crippen LogP contribution in [0.3, 0.4) is 0 Å². The minimum atomic E-state index is -3.65. The van der Waals surface area contributed by atoms with Gasteiger partial charge in [0.1, 0.15) is 5.82 Å². The molecule has 1 aliphatic rings. The Morgan fingerprint density at radius 1 is 1.37 bits per heavy atom. The van der Waals surface area contributed by atoms with Crippen molar-refractivity contribution in [3.05, 3.63) is 29.6 Å². The van der Waals surface area contributed by atoms with E-state index in [1.807, 2.05) is 11.8 Å². The summed E-state index contributed by atoms with van der Waals surface area (Å²) in [5.74, 6) is 1.28. The molecule has 0 atom stereocenters. The smallest absolute Gasteiger partial charge is 0.240 e. The highest BCUT2D eigenvalue weighted by atomic mass is 32.2. The van der Waals surface area contributed by atoms with Crippen LogP contribution >= 0.6 is 11.8 Å². The quantitative estimate of drug-likeness (QED) is 0.884. The van der Waals surface area contributed by atoms with E-state index in [9.17, 15) is 12.8 Å². The van der Waals surface area contributed by atoms with Gasteiger partial charge in [-0.05, 0) is 42.5 Å². The first-order chi connectivity index (χ1) is 9.03. The van der Waals surface area contributed by atoms with Gasteiger partial charge < -0.3 is 5.11 Å². The number of rotatable bonds is 4. The van der Waals surface area contributed by atoms with E-state index in [0.717, 1.165) is 30.4 Å². The fourth-order valence-electron chi connectivity index (χ4n) is 1.94. The van der Waals surface area contributed by atoms with Gasteiger partial charge in [-0.2, -0.15) is 11.8 Å². The van der Waals surface area contributed by atoms with E-state index < -0.39 is 22.4 Å². The molecule has 0 saturated carbocycles. The summed E-state index contributed by atoms with van der Waals surface area (Å²) >= 11 is 1.81. The van der Waals surface area contributed by atoms with Crippen molar-refractivity contribution in [2.75, 3.05) is 11.5 Å². The molecule has 0 amide bonds. The monoisotopic (exact) mass is 305 g/mol. The van der Waals surface area contributed by atoms with E-state index in [0.29, 0.717) is 0 Å². The molecular weight excluding hydrogens is 289 g/mol. The molecule has 4 nitrogen and oxygen atoms in total. The standard InChI is InChI=1S/C12H16FNO3S2/c13-12-2-1-11(7-9(12)8-15)19(16,17)14-10-3-5-18-6-4-10/h1-2,7,10,14-15H,3-6,8H2. The average Bonchev–Trinajstić information content (AvgIpc) is 2.39. The van der Waals surface area contributed by atoms with Gasteiger partial charge in [0.2, 0.25) is 10.0 Å². The topological polar surface area (TPSA) is 66.4 Å². The number of aliphatic hydroxyl groups excluding tert-OH is 1. The second kappa shape index (κ2) is 6.21. The maximum absolute atomic E-state index is 13.2. The number of halogens is 1. The number of thioether (sulfide) groups is 1. The van der Waals surface area contributed by atoms with Crippen molar-refractivity contribution in [1.29, 1.82) is 0 Å². The Balaban J connectivity index is 2.18. The van der Waals surface area contributed by atoms with E-state index in [2.05, 4.69) is 4.72 Å². The van der Waals surface area contributed by atoms with Crippen molar-refractivity contribution in [2.24, 2.45) is 0 Å². The zero-order chi connectivity index (χ0) is 13.9. The number of aliphatic hydroxyl groups is 1. The molecule has 0 aromatic heterocycles. The van der Waals surface area contributed by atoms with Gasteiger partial charge in [-0.3, -0.25) is 0 Å². The van der Waals surface area contributed by atoms with Crippen LogP contribution in [0.15, 0.2) is 23.1 Å². The molecule has 2 N–H and O–H groups in total. The third-order valence-electron chi connectivity index (χ3n) is 3.04. The van der Waals surface area contributed by atoms with Gasteiger partial charge in [-0.1, -0.05) is 0 Å². The highest BCUT2D eigenvalue weighted by Crippen LogP contribution is 2.20. The van der Waals surface area contributed by atoms with Crippen molar-refractivity contribution < 1.29 is 17.9 Å². The lowest BCUT2D eigenvalue weighted by Gasteiger charge is -2.22. The van der Waals surface area contributed by atoms with Crippen LogP contribution in [0.5, 0.6) is 0 Å². The Labute approximate surface area is 116 Å². The van der Waals surface area contributed by atoms with Crippen LogP contribution in [0.2, 0.25) is 0 Å². The van der Waals surface area contributed by atoms with Gasteiger partial charge in [0.15, 0.2) is 0 Å². The van der Waals surface area contributed by atoms with E-state index >= 15 is 0 Å². The van der Waals surface area contributed by atoms with Gasteiger partial charge >= 0.3 is 0 Å². The highest BCUT2D eigenvalue weighted by molar-refractivity contribution is 7.99. The summed E-state index contributed by atoms with van der Waals surface area (Å²) in [5.41, 5.74) is -0.0120. The normalized spacial score (nSPS) is 17.6. The second-order valence-electron chi connectivity index (χ2n) is 4.42. The van der Waals surface area contributed by atoms with Crippen molar-refractivity contribution in [3.63, 3.8) is 0 Å². The molecule has 1 fully saturated rings. The molecule has 0 spiro atoms. The minimum absolute atomic E-state index is 0.00354. The Morgan fingerprint density at radius 2 is 2.05 bits per heavy atom. The summed E-state index contributed by atoms with van der Waals surface area (Å²) in [6, 6.07) is 3.40. The fraction of sp³-hybridized carbons (Fsp3) is 0.500. The van der Waals surface area contributed by atoms with Gasteiger partial charge in [0.25, 0.3) is 0 Å². The zero-order valence-corrected chi connectivity index (χ0v) is 11.9. The van der Waals surface area contributed by atoms with E-state index in [1.54, 1.807) is 0 Å². The largest absolute Gasteiger partial charge is 0.392 e. The summed E-state index contributed by atoms with van der Waals surface area (Å²) in [6.45, 7) is -0.519. The van der Waals surface area contributed by atoms with Crippen LogP contribution in [-0.4, -0.2) is 31.1 Å². The Hall–Kier alpha value is -0.630. The van der Waals surface area contributed by atoms with Crippen LogP contribution in [0.4, 0.5) is 4.39 Å². The third kappa shape index (κ3) is 3.68. The first-order valence-corrected chi connectivity index (χ1v) is 8.66. The molecule has 1 aliphatic heterocycles. The van der Waals surface area contributed by atoms with Crippen LogP contribution in [-0.2, 0) is 16.6 Å².